The predicted molar refractivity (Wildman–Crippen MR) is 76.2 cm³/mol. The molecule has 0 saturated heterocycles. The minimum atomic E-state index is 0.521. The number of ether oxygens (including phenoxy) is 2. The van der Waals surface area contributed by atoms with E-state index in [0.29, 0.717) is 18.4 Å². The van der Waals surface area contributed by atoms with Crippen LogP contribution < -0.4 is 9.47 Å². The zero-order chi connectivity index (χ0) is 13.1. The summed E-state index contributed by atoms with van der Waals surface area (Å²) in [5.74, 6) is 2.50. The predicted octanol–water partition coefficient (Wildman–Crippen LogP) is 3.80. The van der Waals surface area contributed by atoms with Gasteiger partial charge in [0.15, 0.2) is 11.5 Å². The van der Waals surface area contributed by atoms with Crippen LogP contribution in [0, 0.1) is 0 Å². The van der Waals surface area contributed by atoms with Gasteiger partial charge in [0.25, 0.3) is 0 Å². The number of aromatic nitrogens is 1. The molecule has 5 heteroatoms. The Morgan fingerprint density at radius 1 is 1.11 bits per heavy atom. The quantitative estimate of drug-likeness (QED) is 0.636. The molecule has 1 aromatic carbocycles. The van der Waals surface area contributed by atoms with Gasteiger partial charge in [-0.15, -0.1) is 11.8 Å². The van der Waals surface area contributed by atoms with Crippen molar-refractivity contribution < 1.29 is 9.47 Å². The molecule has 0 spiro atoms. The molecule has 0 aliphatic carbocycles. The van der Waals surface area contributed by atoms with Crippen LogP contribution >= 0.6 is 23.4 Å². The number of thioether (sulfide) groups is 1. The third-order valence-electron chi connectivity index (χ3n) is 2.71. The van der Waals surface area contributed by atoms with E-state index >= 15 is 0 Å². The van der Waals surface area contributed by atoms with E-state index in [0.717, 1.165) is 27.7 Å². The summed E-state index contributed by atoms with van der Waals surface area (Å²) < 4.78 is 11.1. The van der Waals surface area contributed by atoms with Crippen LogP contribution in [0.3, 0.4) is 0 Å². The average Bonchev–Trinajstić information content (AvgIpc) is 2.46. The van der Waals surface area contributed by atoms with E-state index in [2.05, 4.69) is 4.98 Å². The molecule has 19 heavy (non-hydrogen) atoms. The molecule has 3 rings (SSSR count). The highest BCUT2D eigenvalue weighted by atomic mass is 35.5. The van der Waals surface area contributed by atoms with Crippen molar-refractivity contribution in [3.63, 3.8) is 0 Å². The molecular formula is C14H12ClNO2S. The Kier molecular flexibility index (Phi) is 3.80. The SMILES string of the molecule is Clc1ccc(CSc2ccc3c(c2)OCCO3)cn1. The lowest BCUT2D eigenvalue weighted by molar-refractivity contribution is 0.171. The van der Waals surface area contributed by atoms with Crippen molar-refractivity contribution in [2.24, 2.45) is 0 Å². The highest BCUT2D eigenvalue weighted by molar-refractivity contribution is 7.98. The topological polar surface area (TPSA) is 31.4 Å². The van der Waals surface area contributed by atoms with E-state index in [9.17, 15) is 0 Å². The first-order valence-electron chi connectivity index (χ1n) is 5.94. The number of pyridine rings is 1. The molecule has 0 radical (unpaired) electrons. The minimum absolute atomic E-state index is 0.521. The summed E-state index contributed by atoms with van der Waals surface area (Å²) in [5.41, 5.74) is 1.14. The van der Waals surface area contributed by atoms with Crippen LogP contribution in [0.25, 0.3) is 0 Å². The fourth-order valence-electron chi connectivity index (χ4n) is 1.77. The Balaban J connectivity index is 1.68. The first-order valence-corrected chi connectivity index (χ1v) is 7.30. The Labute approximate surface area is 120 Å². The van der Waals surface area contributed by atoms with E-state index in [1.54, 1.807) is 24.0 Å². The number of benzene rings is 1. The second-order valence-electron chi connectivity index (χ2n) is 4.08. The first-order chi connectivity index (χ1) is 9.31. The molecule has 3 nitrogen and oxygen atoms in total. The Morgan fingerprint density at radius 2 is 1.95 bits per heavy atom. The van der Waals surface area contributed by atoms with Gasteiger partial charge in [-0.05, 0) is 29.8 Å². The summed E-state index contributed by atoms with van der Waals surface area (Å²) in [6, 6.07) is 9.81. The van der Waals surface area contributed by atoms with Gasteiger partial charge in [-0.3, -0.25) is 0 Å². The van der Waals surface area contributed by atoms with E-state index in [4.69, 9.17) is 21.1 Å². The third-order valence-corrected chi connectivity index (χ3v) is 4.00. The number of hydrogen-bond donors (Lipinski definition) is 0. The Hall–Kier alpha value is -1.39. The fraction of sp³-hybridized carbons (Fsp3) is 0.214. The first kappa shape index (κ1) is 12.6. The van der Waals surface area contributed by atoms with Crippen molar-refractivity contribution in [3.8, 4) is 11.5 Å². The van der Waals surface area contributed by atoms with Crippen LogP contribution in [0.1, 0.15) is 5.56 Å². The standard InChI is InChI=1S/C14H12ClNO2S/c15-14-4-1-10(8-16-14)9-19-11-2-3-12-13(7-11)18-6-5-17-12/h1-4,7-8H,5-6,9H2. The van der Waals surface area contributed by atoms with Crippen molar-refractivity contribution >= 4 is 23.4 Å². The molecule has 2 aromatic rings. The Bertz CT molecular complexity index is 574. The summed E-state index contributed by atoms with van der Waals surface area (Å²) in [7, 11) is 0. The van der Waals surface area contributed by atoms with E-state index < -0.39 is 0 Å². The smallest absolute Gasteiger partial charge is 0.162 e. The molecule has 98 valence electrons. The van der Waals surface area contributed by atoms with Gasteiger partial charge in [-0.1, -0.05) is 17.7 Å². The number of rotatable bonds is 3. The zero-order valence-corrected chi connectivity index (χ0v) is 11.7. The molecule has 0 atom stereocenters. The molecule has 2 heterocycles. The summed E-state index contributed by atoms with van der Waals surface area (Å²) in [6.45, 7) is 1.23. The van der Waals surface area contributed by atoms with Gasteiger partial charge in [0.1, 0.15) is 18.4 Å². The molecular weight excluding hydrogens is 282 g/mol. The van der Waals surface area contributed by atoms with Crippen LogP contribution in [0.5, 0.6) is 11.5 Å². The molecule has 0 amide bonds. The molecule has 0 saturated carbocycles. The van der Waals surface area contributed by atoms with E-state index in [-0.39, 0.29) is 0 Å². The van der Waals surface area contributed by atoms with Crippen molar-refractivity contribution in [3.05, 3.63) is 47.2 Å². The summed E-state index contributed by atoms with van der Waals surface area (Å²) >= 11 is 7.49. The van der Waals surface area contributed by atoms with Crippen molar-refractivity contribution in [1.82, 2.24) is 4.98 Å². The maximum Gasteiger partial charge on any atom is 0.162 e. The van der Waals surface area contributed by atoms with Crippen LogP contribution in [-0.4, -0.2) is 18.2 Å². The van der Waals surface area contributed by atoms with Crippen LogP contribution in [0.2, 0.25) is 5.15 Å². The molecule has 1 aliphatic rings. The van der Waals surface area contributed by atoms with Crippen LogP contribution in [-0.2, 0) is 5.75 Å². The van der Waals surface area contributed by atoms with Crippen LogP contribution in [0.15, 0.2) is 41.4 Å². The molecule has 1 aliphatic heterocycles. The second kappa shape index (κ2) is 5.72. The van der Waals surface area contributed by atoms with Gasteiger partial charge < -0.3 is 9.47 Å². The van der Waals surface area contributed by atoms with Gasteiger partial charge in [-0.25, -0.2) is 4.98 Å². The lowest BCUT2D eigenvalue weighted by Crippen LogP contribution is -2.15. The second-order valence-corrected chi connectivity index (χ2v) is 5.52. The number of nitrogens with zero attached hydrogens (tertiary/aromatic N) is 1. The lowest BCUT2D eigenvalue weighted by Gasteiger charge is -2.18. The van der Waals surface area contributed by atoms with Gasteiger partial charge in [-0.2, -0.15) is 0 Å². The van der Waals surface area contributed by atoms with Gasteiger partial charge in [0, 0.05) is 16.8 Å². The summed E-state index contributed by atoms with van der Waals surface area (Å²) in [6.07, 6.45) is 1.80. The van der Waals surface area contributed by atoms with E-state index in [1.807, 2.05) is 24.3 Å². The molecule has 0 bridgehead atoms. The van der Waals surface area contributed by atoms with E-state index in [1.165, 1.54) is 0 Å². The molecule has 1 aromatic heterocycles. The summed E-state index contributed by atoms with van der Waals surface area (Å²) in [4.78, 5) is 5.22. The van der Waals surface area contributed by atoms with Gasteiger partial charge in [0.2, 0.25) is 0 Å². The molecule has 0 unspecified atom stereocenters. The molecule has 0 N–H and O–H groups in total. The fourth-order valence-corrected chi connectivity index (χ4v) is 2.74. The van der Waals surface area contributed by atoms with Crippen molar-refractivity contribution in [2.75, 3.05) is 13.2 Å². The maximum absolute atomic E-state index is 5.76. The van der Waals surface area contributed by atoms with Crippen LogP contribution in [0.4, 0.5) is 0 Å². The largest absolute Gasteiger partial charge is 0.486 e. The van der Waals surface area contributed by atoms with Gasteiger partial charge >= 0.3 is 0 Å². The molecule has 0 fully saturated rings. The van der Waals surface area contributed by atoms with Crippen molar-refractivity contribution in [2.45, 2.75) is 10.6 Å². The monoisotopic (exact) mass is 293 g/mol. The van der Waals surface area contributed by atoms with Gasteiger partial charge in [0.05, 0.1) is 0 Å². The Morgan fingerprint density at radius 3 is 2.74 bits per heavy atom. The maximum atomic E-state index is 5.76. The lowest BCUT2D eigenvalue weighted by atomic mass is 10.3. The normalized spacial score (nSPS) is 13.3. The summed E-state index contributed by atoms with van der Waals surface area (Å²) in [5, 5.41) is 0.521. The zero-order valence-electron chi connectivity index (χ0n) is 10.1. The third kappa shape index (κ3) is 3.14. The highest BCUT2D eigenvalue weighted by Crippen LogP contribution is 2.35. The minimum Gasteiger partial charge on any atom is -0.486 e. The highest BCUT2D eigenvalue weighted by Gasteiger charge is 2.11. The number of fused-ring (bicyclic) bond motifs is 1. The van der Waals surface area contributed by atoms with Crippen molar-refractivity contribution in [1.29, 1.82) is 0 Å². The average molecular weight is 294 g/mol. The number of halogens is 1. The number of hydrogen-bond acceptors (Lipinski definition) is 4.